The Morgan fingerprint density at radius 3 is 2.48 bits per heavy atom. The molecule has 0 bridgehead atoms. The summed E-state index contributed by atoms with van der Waals surface area (Å²) in [4.78, 5) is 10.4. The summed E-state index contributed by atoms with van der Waals surface area (Å²) in [5.41, 5.74) is 2.33. The van der Waals surface area contributed by atoms with E-state index in [0.29, 0.717) is 49.3 Å². The van der Waals surface area contributed by atoms with Crippen molar-refractivity contribution in [3.63, 3.8) is 0 Å². The number of halogens is 3. The van der Waals surface area contributed by atoms with E-state index in [0.717, 1.165) is 5.56 Å². The van der Waals surface area contributed by atoms with Gasteiger partial charge in [0.05, 0.1) is 27.6 Å². The molecule has 0 saturated carbocycles. The Kier molecular flexibility index (Phi) is 8.34. The summed E-state index contributed by atoms with van der Waals surface area (Å²) < 4.78 is 12.4. The van der Waals surface area contributed by atoms with E-state index in [1.165, 1.54) is 12.1 Å². The summed E-state index contributed by atoms with van der Waals surface area (Å²) in [5, 5.41) is 21.5. The van der Waals surface area contributed by atoms with Gasteiger partial charge in [-0.2, -0.15) is 5.26 Å². The lowest BCUT2D eigenvalue weighted by Gasteiger charge is -2.15. The van der Waals surface area contributed by atoms with E-state index in [4.69, 9.17) is 32.7 Å². The quantitative estimate of drug-likeness (QED) is 0.125. The fourth-order valence-electron chi connectivity index (χ4n) is 2.97. The van der Waals surface area contributed by atoms with E-state index in [-0.39, 0.29) is 12.3 Å². The lowest BCUT2D eigenvalue weighted by atomic mass is 10.0. The number of nitro benzene ring substituents is 1. The van der Waals surface area contributed by atoms with Crippen LogP contribution in [0, 0.1) is 21.4 Å². The molecule has 0 heterocycles. The van der Waals surface area contributed by atoms with Gasteiger partial charge in [-0.1, -0.05) is 29.3 Å². The fraction of sp³-hybridized carbons (Fsp3) is 0.125. The standard InChI is InChI=1S/C24H17BrCl2N2O4/c1-2-32-23-11-15(9-18(13-28)16-4-7-20(8-5-16)29(30)31)10-21(25)24(23)33-14-17-3-6-19(26)12-22(17)27/h3-12H,2,14H2,1H3/b18-9-. The first kappa shape index (κ1) is 24.6. The van der Waals surface area contributed by atoms with E-state index in [9.17, 15) is 15.4 Å². The van der Waals surface area contributed by atoms with Crippen LogP contribution in [-0.4, -0.2) is 11.5 Å². The van der Waals surface area contributed by atoms with Crippen molar-refractivity contribution in [1.82, 2.24) is 0 Å². The third kappa shape index (κ3) is 6.26. The van der Waals surface area contributed by atoms with Crippen LogP contribution in [0.25, 0.3) is 11.6 Å². The average molecular weight is 548 g/mol. The molecule has 0 aliphatic carbocycles. The molecule has 0 amide bonds. The molecular weight excluding hydrogens is 531 g/mol. The van der Waals surface area contributed by atoms with Crippen molar-refractivity contribution in [3.05, 3.63) is 95.9 Å². The van der Waals surface area contributed by atoms with Crippen LogP contribution >= 0.6 is 39.1 Å². The van der Waals surface area contributed by atoms with Gasteiger partial charge in [0.1, 0.15) is 6.61 Å². The van der Waals surface area contributed by atoms with Crippen molar-refractivity contribution in [1.29, 1.82) is 5.26 Å². The molecule has 0 aromatic heterocycles. The van der Waals surface area contributed by atoms with Gasteiger partial charge < -0.3 is 9.47 Å². The third-order valence-electron chi connectivity index (χ3n) is 4.54. The number of nitrogens with zero attached hydrogens (tertiary/aromatic N) is 2. The van der Waals surface area contributed by atoms with Crippen molar-refractivity contribution in [2.24, 2.45) is 0 Å². The smallest absolute Gasteiger partial charge is 0.269 e. The molecule has 0 atom stereocenters. The predicted molar refractivity (Wildman–Crippen MR) is 133 cm³/mol. The number of benzene rings is 3. The van der Waals surface area contributed by atoms with Gasteiger partial charge in [-0.25, -0.2) is 0 Å². The Bertz CT molecular complexity index is 1250. The molecule has 0 fully saturated rings. The number of hydrogen-bond acceptors (Lipinski definition) is 5. The predicted octanol–water partition coefficient (Wildman–Crippen LogP) is 7.71. The van der Waals surface area contributed by atoms with Crippen LogP contribution in [0.3, 0.4) is 0 Å². The maximum atomic E-state index is 10.9. The molecule has 0 unspecified atom stereocenters. The molecule has 3 aromatic carbocycles. The molecule has 0 spiro atoms. The van der Waals surface area contributed by atoms with Gasteiger partial charge >= 0.3 is 0 Å². The molecular formula is C24H17BrCl2N2O4. The van der Waals surface area contributed by atoms with Crippen molar-refractivity contribution < 1.29 is 14.4 Å². The van der Waals surface area contributed by atoms with Gasteiger partial charge in [-0.3, -0.25) is 10.1 Å². The second-order valence-electron chi connectivity index (χ2n) is 6.76. The normalized spacial score (nSPS) is 11.1. The van der Waals surface area contributed by atoms with Crippen molar-refractivity contribution in [2.45, 2.75) is 13.5 Å². The Morgan fingerprint density at radius 2 is 1.88 bits per heavy atom. The van der Waals surface area contributed by atoms with Crippen LogP contribution in [0.4, 0.5) is 5.69 Å². The highest BCUT2D eigenvalue weighted by Crippen LogP contribution is 2.39. The number of ether oxygens (including phenoxy) is 2. The lowest BCUT2D eigenvalue weighted by molar-refractivity contribution is -0.384. The first-order chi connectivity index (χ1) is 15.8. The third-order valence-corrected chi connectivity index (χ3v) is 5.72. The molecule has 3 rings (SSSR count). The fourth-order valence-corrected chi connectivity index (χ4v) is 4.01. The van der Waals surface area contributed by atoms with Gasteiger partial charge in [0.2, 0.25) is 0 Å². The molecule has 0 saturated heterocycles. The highest BCUT2D eigenvalue weighted by molar-refractivity contribution is 9.10. The molecule has 0 N–H and O–H groups in total. The SMILES string of the molecule is CCOc1cc(/C=C(/C#N)c2ccc([N+](=O)[O-])cc2)cc(Br)c1OCc1ccc(Cl)cc1Cl. The molecule has 168 valence electrons. The van der Waals surface area contributed by atoms with Gasteiger partial charge in [0.15, 0.2) is 11.5 Å². The summed E-state index contributed by atoms with van der Waals surface area (Å²) in [7, 11) is 0. The van der Waals surface area contributed by atoms with Gasteiger partial charge in [0.25, 0.3) is 5.69 Å². The first-order valence-electron chi connectivity index (χ1n) is 9.72. The second kappa shape index (κ2) is 11.2. The van der Waals surface area contributed by atoms with Crippen molar-refractivity contribution in [3.8, 4) is 17.6 Å². The number of allylic oxidation sites excluding steroid dienone is 1. The maximum absolute atomic E-state index is 10.9. The summed E-state index contributed by atoms with van der Waals surface area (Å²) in [6.45, 7) is 2.47. The van der Waals surface area contributed by atoms with Crippen LogP contribution < -0.4 is 9.47 Å². The summed E-state index contributed by atoms with van der Waals surface area (Å²) in [6.07, 6.45) is 1.67. The molecule has 33 heavy (non-hydrogen) atoms. The molecule has 0 aliphatic heterocycles. The van der Waals surface area contributed by atoms with Gasteiger partial charge in [-0.15, -0.1) is 0 Å². The number of hydrogen-bond donors (Lipinski definition) is 0. The number of nitro groups is 1. The Morgan fingerprint density at radius 1 is 1.15 bits per heavy atom. The zero-order valence-electron chi connectivity index (χ0n) is 17.3. The molecule has 0 aliphatic rings. The monoisotopic (exact) mass is 546 g/mol. The minimum Gasteiger partial charge on any atom is -0.490 e. The molecule has 9 heteroatoms. The topological polar surface area (TPSA) is 85.4 Å². The highest BCUT2D eigenvalue weighted by Gasteiger charge is 2.14. The molecule has 0 radical (unpaired) electrons. The highest BCUT2D eigenvalue weighted by atomic mass is 79.9. The van der Waals surface area contributed by atoms with Crippen LogP contribution in [0.15, 0.2) is 59.1 Å². The van der Waals surface area contributed by atoms with Crippen LogP contribution in [0.2, 0.25) is 10.0 Å². The van der Waals surface area contributed by atoms with Crippen LogP contribution in [-0.2, 0) is 6.61 Å². The van der Waals surface area contributed by atoms with Gasteiger partial charge in [0, 0.05) is 27.7 Å². The number of rotatable bonds is 8. The second-order valence-corrected chi connectivity index (χ2v) is 8.46. The van der Waals surface area contributed by atoms with Crippen molar-refractivity contribution in [2.75, 3.05) is 6.61 Å². The summed E-state index contributed by atoms with van der Waals surface area (Å²) in [5.74, 6) is 0.984. The number of non-ortho nitro benzene ring substituents is 1. The van der Waals surface area contributed by atoms with E-state index in [1.807, 2.05) is 6.92 Å². The largest absolute Gasteiger partial charge is 0.490 e. The Labute approximate surface area is 209 Å². The molecule has 3 aromatic rings. The van der Waals surface area contributed by atoms with E-state index < -0.39 is 4.92 Å². The number of nitriles is 1. The average Bonchev–Trinajstić information content (AvgIpc) is 2.78. The van der Waals surface area contributed by atoms with Gasteiger partial charge in [-0.05, 0) is 76.5 Å². The van der Waals surface area contributed by atoms with E-state index in [1.54, 1.807) is 48.5 Å². The summed E-state index contributed by atoms with van der Waals surface area (Å²) >= 11 is 15.7. The first-order valence-corrected chi connectivity index (χ1v) is 11.3. The zero-order chi connectivity index (χ0) is 24.0. The van der Waals surface area contributed by atoms with E-state index >= 15 is 0 Å². The Hall–Kier alpha value is -3.05. The van der Waals surface area contributed by atoms with Crippen molar-refractivity contribution >= 4 is 56.5 Å². The molecule has 6 nitrogen and oxygen atoms in total. The minimum absolute atomic E-state index is 0.0419. The van der Waals surface area contributed by atoms with Crippen LogP contribution in [0.5, 0.6) is 11.5 Å². The Balaban J connectivity index is 1.91. The minimum atomic E-state index is -0.485. The lowest BCUT2D eigenvalue weighted by Crippen LogP contribution is -2.01. The van der Waals surface area contributed by atoms with Crippen LogP contribution in [0.1, 0.15) is 23.6 Å². The van der Waals surface area contributed by atoms with E-state index in [2.05, 4.69) is 22.0 Å². The summed E-state index contributed by atoms with van der Waals surface area (Å²) in [6, 6.07) is 16.7. The maximum Gasteiger partial charge on any atom is 0.269 e. The zero-order valence-corrected chi connectivity index (χ0v) is 20.4.